The van der Waals surface area contributed by atoms with Gasteiger partial charge >= 0.3 is 0 Å². The molecule has 4 nitrogen and oxygen atoms in total. The molecule has 0 radical (unpaired) electrons. The van der Waals surface area contributed by atoms with E-state index in [1.165, 1.54) is 6.07 Å². The first-order valence-corrected chi connectivity index (χ1v) is 5.34. The molecule has 1 aromatic rings. The fourth-order valence-electron chi connectivity index (χ4n) is 1.57. The molecule has 88 valence electrons. The molecule has 0 aliphatic heterocycles. The fourth-order valence-corrected chi connectivity index (χ4v) is 1.57. The third-order valence-corrected chi connectivity index (χ3v) is 2.77. The Bertz CT molecular complexity index is 388. The van der Waals surface area contributed by atoms with Gasteiger partial charge in [0.15, 0.2) is 0 Å². The van der Waals surface area contributed by atoms with Crippen LogP contribution in [0.1, 0.15) is 25.0 Å². The quantitative estimate of drug-likeness (QED) is 0.630. The van der Waals surface area contributed by atoms with E-state index in [0.717, 1.165) is 5.56 Å². The van der Waals surface area contributed by atoms with Crippen molar-refractivity contribution in [2.24, 2.45) is 5.92 Å². The summed E-state index contributed by atoms with van der Waals surface area (Å²) >= 11 is 0. The van der Waals surface area contributed by atoms with Gasteiger partial charge in [0, 0.05) is 18.1 Å². The number of hydrogen-bond acceptors (Lipinski definition) is 3. The smallest absolute Gasteiger partial charge is 0.272 e. The van der Waals surface area contributed by atoms with E-state index in [1.54, 1.807) is 6.07 Å². The van der Waals surface area contributed by atoms with Crippen LogP contribution in [0.15, 0.2) is 18.2 Å². The van der Waals surface area contributed by atoms with Gasteiger partial charge in [-0.2, -0.15) is 0 Å². The van der Waals surface area contributed by atoms with Gasteiger partial charge < -0.3 is 5.11 Å². The lowest BCUT2D eigenvalue weighted by Gasteiger charge is -2.15. The van der Waals surface area contributed by atoms with E-state index in [1.807, 2.05) is 26.8 Å². The molecule has 16 heavy (non-hydrogen) atoms. The van der Waals surface area contributed by atoms with Gasteiger partial charge in [0.1, 0.15) is 0 Å². The van der Waals surface area contributed by atoms with Gasteiger partial charge in [-0.15, -0.1) is 0 Å². The Morgan fingerprint density at radius 1 is 1.44 bits per heavy atom. The summed E-state index contributed by atoms with van der Waals surface area (Å²) in [7, 11) is 0. The molecule has 0 aliphatic rings. The molecule has 0 amide bonds. The number of nitro groups is 1. The third kappa shape index (κ3) is 2.79. The van der Waals surface area contributed by atoms with Crippen LogP contribution in [0.25, 0.3) is 0 Å². The second-order valence-corrected chi connectivity index (χ2v) is 4.35. The molecule has 0 aromatic heterocycles. The first-order chi connectivity index (χ1) is 7.43. The van der Waals surface area contributed by atoms with Gasteiger partial charge in [-0.25, -0.2) is 0 Å². The van der Waals surface area contributed by atoms with E-state index in [4.69, 9.17) is 0 Å². The highest BCUT2D eigenvalue weighted by molar-refractivity contribution is 5.45. The van der Waals surface area contributed by atoms with Gasteiger partial charge in [0.05, 0.1) is 11.0 Å². The summed E-state index contributed by atoms with van der Waals surface area (Å²) in [6, 6.07) is 4.98. The molecule has 1 unspecified atom stereocenters. The molecule has 0 bridgehead atoms. The Morgan fingerprint density at radius 3 is 2.56 bits per heavy atom. The highest BCUT2D eigenvalue weighted by Gasteiger charge is 2.19. The molecule has 0 saturated heterocycles. The summed E-state index contributed by atoms with van der Waals surface area (Å²) in [4.78, 5) is 10.5. The van der Waals surface area contributed by atoms with Crippen molar-refractivity contribution in [2.75, 3.05) is 0 Å². The Hall–Kier alpha value is -1.42. The maximum absolute atomic E-state index is 10.8. The number of aryl methyl sites for hydroxylation is 1. The number of nitrogens with zero attached hydrogens (tertiary/aromatic N) is 1. The Labute approximate surface area is 95.1 Å². The lowest BCUT2D eigenvalue weighted by Crippen LogP contribution is -2.19. The fraction of sp³-hybridized carbons (Fsp3) is 0.500. The maximum atomic E-state index is 10.8. The molecular formula is C12H17NO3. The van der Waals surface area contributed by atoms with Crippen molar-refractivity contribution >= 4 is 5.69 Å². The van der Waals surface area contributed by atoms with Crippen LogP contribution in [0, 0.1) is 23.0 Å². The summed E-state index contributed by atoms with van der Waals surface area (Å²) in [5.41, 5.74) is 1.59. The molecule has 1 rings (SSSR count). The zero-order valence-corrected chi connectivity index (χ0v) is 9.80. The van der Waals surface area contributed by atoms with Crippen LogP contribution < -0.4 is 0 Å². The van der Waals surface area contributed by atoms with Gasteiger partial charge in [-0.1, -0.05) is 26.0 Å². The van der Waals surface area contributed by atoms with Crippen molar-refractivity contribution in [2.45, 2.75) is 33.3 Å². The summed E-state index contributed by atoms with van der Waals surface area (Å²) < 4.78 is 0. The van der Waals surface area contributed by atoms with E-state index in [0.29, 0.717) is 12.0 Å². The SMILES string of the molecule is Cc1cccc([N+](=O)[O-])c1CC(O)C(C)C. The van der Waals surface area contributed by atoms with Crippen molar-refractivity contribution in [3.05, 3.63) is 39.4 Å². The van der Waals surface area contributed by atoms with Gasteiger partial charge in [-0.05, 0) is 18.4 Å². The monoisotopic (exact) mass is 223 g/mol. The molecule has 0 heterocycles. The van der Waals surface area contributed by atoms with E-state index < -0.39 is 11.0 Å². The number of benzene rings is 1. The topological polar surface area (TPSA) is 63.4 Å². The van der Waals surface area contributed by atoms with Crippen molar-refractivity contribution < 1.29 is 10.0 Å². The summed E-state index contributed by atoms with van der Waals surface area (Å²) in [6.45, 7) is 5.62. The third-order valence-electron chi connectivity index (χ3n) is 2.77. The number of aliphatic hydroxyl groups excluding tert-OH is 1. The summed E-state index contributed by atoms with van der Waals surface area (Å²) in [5, 5.41) is 20.6. The minimum absolute atomic E-state index is 0.0965. The summed E-state index contributed by atoms with van der Waals surface area (Å²) in [5.74, 6) is 0.0965. The van der Waals surface area contributed by atoms with Crippen LogP contribution in [-0.2, 0) is 6.42 Å². The molecule has 1 aromatic carbocycles. The number of nitro benzene ring substituents is 1. The first kappa shape index (κ1) is 12.6. The molecule has 4 heteroatoms. The second kappa shape index (κ2) is 5.07. The number of aliphatic hydroxyl groups is 1. The van der Waals surface area contributed by atoms with Crippen molar-refractivity contribution in [3.8, 4) is 0 Å². The van der Waals surface area contributed by atoms with Crippen molar-refractivity contribution in [3.63, 3.8) is 0 Å². The van der Waals surface area contributed by atoms with Crippen molar-refractivity contribution in [1.82, 2.24) is 0 Å². The van der Waals surface area contributed by atoms with Crippen LogP contribution in [-0.4, -0.2) is 16.1 Å². The van der Waals surface area contributed by atoms with Crippen LogP contribution in [0.4, 0.5) is 5.69 Å². The Morgan fingerprint density at radius 2 is 2.06 bits per heavy atom. The van der Waals surface area contributed by atoms with E-state index in [-0.39, 0.29) is 11.6 Å². The van der Waals surface area contributed by atoms with E-state index in [2.05, 4.69) is 0 Å². The predicted octanol–water partition coefficient (Wildman–Crippen LogP) is 2.46. The molecule has 0 aliphatic carbocycles. The van der Waals surface area contributed by atoms with Gasteiger partial charge in [0.2, 0.25) is 0 Å². The lowest BCUT2D eigenvalue weighted by molar-refractivity contribution is -0.385. The minimum atomic E-state index is -0.542. The minimum Gasteiger partial charge on any atom is -0.393 e. The Kier molecular flexibility index (Phi) is 4.01. The highest BCUT2D eigenvalue weighted by atomic mass is 16.6. The van der Waals surface area contributed by atoms with Crippen LogP contribution in [0.2, 0.25) is 0 Å². The van der Waals surface area contributed by atoms with E-state index >= 15 is 0 Å². The van der Waals surface area contributed by atoms with Crippen LogP contribution >= 0.6 is 0 Å². The average Bonchev–Trinajstić information content (AvgIpc) is 2.20. The molecule has 0 fully saturated rings. The summed E-state index contributed by atoms with van der Waals surface area (Å²) in [6.07, 6.45) is -0.208. The maximum Gasteiger partial charge on any atom is 0.272 e. The van der Waals surface area contributed by atoms with Crippen LogP contribution in [0.5, 0.6) is 0 Å². The van der Waals surface area contributed by atoms with Crippen LogP contribution in [0.3, 0.4) is 0 Å². The number of hydrogen-bond donors (Lipinski definition) is 1. The molecular weight excluding hydrogens is 206 g/mol. The van der Waals surface area contributed by atoms with Gasteiger partial charge in [0.25, 0.3) is 5.69 Å². The zero-order valence-electron chi connectivity index (χ0n) is 9.80. The molecule has 1 N–H and O–H groups in total. The van der Waals surface area contributed by atoms with Gasteiger partial charge in [-0.3, -0.25) is 10.1 Å². The standard InChI is InChI=1S/C12H17NO3/c1-8(2)12(14)7-10-9(3)5-4-6-11(10)13(15)16/h4-6,8,12,14H,7H2,1-3H3. The first-order valence-electron chi connectivity index (χ1n) is 5.34. The molecule has 0 saturated carbocycles. The lowest BCUT2D eigenvalue weighted by atomic mass is 9.95. The molecule has 0 spiro atoms. The predicted molar refractivity (Wildman–Crippen MR) is 62.4 cm³/mol. The molecule has 1 atom stereocenters. The second-order valence-electron chi connectivity index (χ2n) is 4.35. The number of rotatable bonds is 4. The zero-order chi connectivity index (χ0) is 12.3. The average molecular weight is 223 g/mol. The largest absolute Gasteiger partial charge is 0.393 e. The highest BCUT2D eigenvalue weighted by Crippen LogP contribution is 2.24. The normalized spacial score (nSPS) is 12.8. The van der Waals surface area contributed by atoms with E-state index in [9.17, 15) is 15.2 Å². The van der Waals surface area contributed by atoms with Crippen molar-refractivity contribution in [1.29, 1.82) is 0 Å². The Balaban J connectivity index is 3.06.